The van der Waals surface area contributed by atoms with E-state index in [0.29, 0.717) is 24.7 Å². The Morgan fingerprint density at radius 2 is 1.27 bits per heavy atom. The summed E-state index contributed by atoms with van der Waals surface area (Å²) in [5, 5.41) is 0. The van der Waals surface area contributed by atoms with E-state index in [2.05, 4.69) is 15.9 Å². The van der Waals surface area contributed by atoms with Gasteiger partial charge in [0, 0.05) is 33.8 Å². The first-order valence-corrected chi connectivity index (χ1v) is 10.1. The summed E-state index contributed by atoms with van der Waals surface area (Å²) in [6.07, 6.45) is 0. The van der Waals surface area contributed by atoms with Gasteiger partial charge < -0.3 is 18.9 Å². The zero-order chi connectivity index (χ0) is 21.3. The minimum absolute atomic E-state index is 0.386. The minimum atomic E-state index is 0.386. The van der Waals surface area contributed by atoms with Crippen LogP contribution in [0.25, 0.3) is 0 Å². The summed E-state index contributed by atoms with van der Waals surface area (Å²) >= 11 is 3.45. The fraction of sp³-hybridized carbons (Fsp3) is 0.217. The Bertz CT molecular complexity index is 962. The minimum Gasteiger partial charge on any atom is -0.496 e. The van der Waals surface area contributed by atoms with E-state index in [0.717, 1.165) is 32.8 Å². The molecule has 0 saturated carbocycles. The average Bonchev–Trinajstić information content (AvgIpc) is 2.78. The van der Waals surface area contributed by atoms with Crippen LogP contribution in [0.1, 0.15) is 11.1 Å². The maximum atomic E-state index is 5.94. The summed E-state index contributed by atoms with van der Waals surface area (Å²) in [5.74, 6) is 2.96. The van der Waals surface area contributed by atoms with Crippen LogP contribution in [0.4, 0.5) is 5.69 Å². The molecule has 0 aliphatic carbocycles. The first kappa shape index (κ1) is 22.0. The number of hydrogen-bond donors (Lipinski definition) is 1. The van der Waals surface area contributed by atoms with Crippen LogP contribution in [0.2, 0.25) is 0 Å². The predicted molar refractivity (Wildman–Crippen MR) is 117 cm³/mol. The smallest absolute Gasteiger partial charge is 0.162 e. The van der Waals surface area contributed by atoms with Gasteiger partial charge >= 0.3 is 0 Å². The van der Waals surface area contributed by atoms with Crippen molar-refractivity contribution < 1.29 is 29.3 Å². The van der Waals surface area contributed by atoms with Gasteiger partial charge in [-0.3, -0.25) is 0 Å². The Hall–Kier alpha value is -2.74. The zero-order valence-corrected chi connectivity index (χ0v) is 18.8. The molecule has 0 aliphatic rings. The van der Waals surface area contributed by atoms with Crippen LogP contribution in [0.15, 0.2) is 65.1 Å². The summed E-state index contributed by atoms with van der Waals surface area (Å²) < 4.78 is 23.7. The molecule has 0 fully saturated rings. The summed E-state index contributed by atoms with van der Waals surface area (Å²) in [4.78, 5) is 5.00. The van der Waals surface area contributed by atoms with Crippen molar-refractivity contribution in [3.63, 3.8) is 0 Å². The highest BCUT2D eigenvalue weighted by molar-refractivity contribution is 9.10. The second-order valence-electron chi connectivity index (χ2n) is 6.43. The lowest BCUT2D eigenvalue weighted by Gasteiger charge is -2.14. The van der Waals surface area contributed by atoms with Crippen LogP contribution in [0.3, 0.4) is 0 Å². The lowest BCUT2D eigenvalue weighted by atomic mass is 10.2. The van der Waals surface area contributed by atoms with Gasteiger partial charge in [-0.25, -0.2) is 4.84 Å². The third-order valence-electron chi connectivity index (χ3n) is 4.43. The SMILES string of the molecule is CO[NH2+]c1ccc(OCc2ccc(OCc3ccc(Br)cc3OC)cc2OC)cc1. The summed E-state index contributed by atoms with van der Waals surface area (Å²) in [6, 6.07) is 19.2. The monoisotopic (exact) mass is 474 g/mol. The van der Waals surface area contributed by atoms with E-state index in [1.165, 1.54) is 0 Å². The molecule has 0 amide bonds. The van der Waals surface area contributed by atoms with Gasteiger partial charge in [-0.15, -0.1) is 0 Å². The van der Waals surface area contributed by atoms with Crippen LogP contribution >= 0.6 is 15.9 Å². The normalized spacial score (nSPS) is 10.5. The number of quaternary nitrogens is 1. The maximum Gasteiger partial charge on any atom is 0.162 e. The van der Waals surface area contributed by atoms with Crippen molar-refractivity contribution in [2.45, 2.75) is 13.2 Å². The number of halogens is 1. The van der Waals surface area contributed by atoms with E-state index in [-0.39, 0.29) is 0 Å². The summed E-state index contributed by atoms with van der Waals surface area (Å²) in [7, 11) is 4.90. The van der Waals surface area contributed by atoms with Crippen molar-refractivity contribution in [1.82, 2.24) is 0 Å². The van der Waals surface area contributed by atoms with Crippen molar-refractivity contribution >= 4 is 21.6 Å². The number of nitrogens with two attached hydrogens (primary N) is 1. The summed E-state index contributed by atoms with van der Waals surface area (Å²) in [5.41, 5.74) is 4.54. The van der Waals surface area contributed by atoms with Gasteiger partial charge in [-0.2, -0.15) is 5.48 Å². The Balaban J connectivity index is 1.63. The highest BCUT2D eigenvalue weighted by Gasteiger charge is 2.09. The second-order valence-corrected chi connectivity index (χ2v) is 7.35. The molecule has 0 radical (unpaired) electrons. The first-order chi connectivity index (χ1) is 14.6. The van der Waals surface area contributed by atoms with Crippen molar-refractivity contribution in [1.29, 1.82) is 0 Å². The molecule has 3 aromatic rings. The molecule has 6 nitrogen and oxygen atoms in total. The number of methoxy groups -OCH3 is 2. The molecule has 7 heteroatoms. The van der Waals surface area contributed by atoms with E-state index >= 15 is 0 Å². The number of rotatable bonds is 10. The van der Waals surface area contributed by atoms with Crippen molar-refractivity contribution in [3.05, 3.63) is 76.3 Å². The fourth-order valence-electron chi connectivity index (χ4n) is 2.87. The molecule has 0 aliphatic heterocycles. The largest absolute Gasteiger partial charge is 0.496 e. The van der Waals surface area contributed by atoms with Gasteiger partial charge in [-0.1, -0.05) is 22.0 Å². The molecule has 0 heterocycles. The Labute approximate surface area is 184 Å². The van der Waals surface area contributed by atoms with Crippen molar-refractivity contribution in [3.8, 4) is 23.0 Å². The van der Waals surface area contributed by atoms with Gasteiger partial charge in [0.1, 0.15) is 36.2 Å². The van der Waals surface area contributed by atoms with Crippen LogP contribution in [0, 0.1) is 0 Å². The molecule has 30 heavy (non-hydrogen) atoms. The van der Waals surface area contributed by atoms with Crippen LogP contribution in [0.5, 0.6) is 23.0 Å². The number of hydrogen-bond acceptors (Lipinski definition) is 5. The quantitative estimate of drug-likeness (QED) is 0.349. The number of ether oxygens (including phenoxy) is 4. The third kappa shape index (κ3) is 5.89. The van der Waals surface area contributed by atoms with Gasteiger partial charge in [0.05, 0.1) is 21.3 Å². The highest BCUT2D eigenvalue weighted by atomic mass is 79.9. The molecule has 3 rings (SSSR count). The third-order valence-corrected chi connectivity index (χ3v) is 4.92. The van der Waals surface area contributed by atoms with E-state index in [9.17, 15) is 0 Å². The fourth-order valence-corrected chi connectivity index (χ4v) is 3.21. The van der Waals surface area contributed by atoms with Gasteiger partial charge in [0.25, 0.3) is 0 Å². The first-order valence-electron chi connectivity index (χ1n) is 9.34. The second kappa shape index (κ2) is 10.9. The molecule has 158 valence electrons. The molecular formula is C23H25BrNO5+. The maximum absolute atomic E-state index is 5.94. The summed E-state index contributed by atoms with van der Waals surface area (Å²) in [6.45, 7) is 0.775. The van der Waals surface area contributed by atoms with E-state index in [1.807, 2.05) is 60.7 Å². The van der Waals surface area contributed by atoms with Gasteiger partial charge in [0.2, 0.25) is 0 Å². The molecule has 0 unspecified atom stereocenters. The van der Waals surface area contributed by atoms with E-state index in [1.54, 1.807) is 26.8 Å². The Morgan fingerprint density at radius 1 is 0.700 bits per heavy atom. The molecule has 0 aromatic heterocycles. The number of benzene rings is 3. The lowest BCUT2D eigenvalue weighted by Crippen LogP contribution is -2.75. The van der Waals surface area contributed by atoms with Crippen molar-refractivity contribution in [2.24, 2.45) is 0 Å². The molecule has 0 spiro atoms. The topological polar surface area (TPSA) is 62.8 Å². The van der Waals surface area contributed by atoms with Gasteiger partial charge in [0.15, 0.2) is 5.69 Å². The molecule has 0 bridgehead atoms. The van der Waals surface area contributed by atoms with Crippen LogP contribution < -0.4 is 24.4 Å². The predicted octanol–water partition coefficient (Wildman–Crippen LogP) is 4.38. The van der Waals surface area contributed by atoms with Gasteiger partial charge in [-0.05, 0) is 36.4 Å². The lowest BCUT2D eigenvalue weighted by molar-refractivity contribution is -0.830. The van der Waals surface area contributed by atoms with Crippen LogP contribution in [-0.2, 0) is 18.1 Å². The highest BCUT2D eigenvalue weighted by Crippen LogP contribution is 2.29. The molecule has 3 aromatic carbocycles. The van der Waals surface area contributed by atoms with Crippen LogP contribution in [-0.4, -0.2) is 21.3 Å². The molecule has 0 atom stereocenters. The Kier molecular flexibility index (Phi) is 7.96. The molecule has 0 saturated heterocycles. The van der Waals surface area contributed by atoms with E-state index < -0.39 is 0 Å². The Morgan fingerprint density at radius 3 is 1.90 bits per heavy atom. The van der Waals surface area contributed by atoms with E-state index in [4.69, 9.17) is 23.8 Å². The molecular weight excluding hydrogens is 450 g/mol. The van der Waals surface area contributed by atoms with Crippen molar-refractivity contribution in [2.75, 3.05) is 21.3 Å². The average molecular weight is 475 g/mol. The standard InChI is InChI=1S/C23H24BrNO5/c1-26-22-12-18(24)6-4-16(22)15-30-21-9-5-17(23(13-21)27-2)14-29-20-10-7-19(8-11-20)25-28-3/h4-13,25H,14-15H2,1-3H3/p+1. The zero-order valence-electron chi connectivity index (χ0n) is 17.2. The molecule has 2 N–H and O–H groups in total.